The lowest BCUT2D eigenvalue weighted by Gasteiger charge is -2.04. The number of benzene rings is 1. The number of rotatable bonds is 4. The Bertz CT molecular complexity index is 471. The Kier molecular flexibility index (Phi) is 3.41. The fourth-order valence-electron chi connectivity index (χ4n) is 1.19. The standard InChI is InChI=1S/C11H11ClN2O2/c1-2-10-13-14-11(16-10)7-15-9-6-4-3-5-8(9)12/h3-6H,2,7H2,1H3. The van der Waals surface area contributed by atoms with E-state index in [1.54, 1.807) is 12.1 Å². The van der Waals surface area contributed by atoms with Crippen LogP contribution in [0.3, 0.4) is 0 Å². The number of aromatic nitrogens is 2. The molecular weight excluding hydrogens is 228 g/mol. The van der Waals surface area contributed by atoms with Gasteiger partial charge in [-0.2, -0.15) is 0 Å². The van der Waals surface area contributed by atoms with E-state index >= 15 is 0 Å². The van der Waals surface area contributed by atoms with Gasteiger partial charge in [0.25, 0.3) is 5.89 Å². The summed E-state index contributed by atoms with van der Waals surface area (Å²) >= 11 is 5.93. The molecule has 0 saturated heterocycles. The van der Waals surface area contributed by atoms with Crippen LogP contribution in [-0.2, 0) is 13.0 Å². The molecule has 1 heterocycles. The average Bonchev–Trinajstić information content (AvgIpc) is 2.76. The zero-order chi connectivity index (χ0) is 11.4. The SMILES string of the molecule is CCc1nnc(COc2ccccc2Cl)o1. The molecule has 5 heteroatoms. The maximum atomic E-state index is 5.93. The van der Waals surface area contributed by atoms with Crippen molar-refractivity contribution in [3.8, 4) is 5.75 Å². The summed E-state index contributed by atoms with van der Waals surface area (Å²) in [5.74, 6) is 1.68. The normalized spacial score (nSPS) is 10.4. The molecule has 16 heavy (non-hydrogen) atoms. The van der Waals surface area contributed by atoms with Crippen molar-refractivity contribution in [3.05, 3.63) is 41.1 Å². The van der Waals surface area contributed by atoms with Crippen LogP contribution in [0.25, 0.3) is 0 Å². The highest BCUT2D eigenvalue weighted by Crippen LogP contribution is 2.23. The van der Waals surface area contributed by atoms with Gasteiger partial charge in [0.15, 0.2) is 6.61 Å². The molecule has 2 aromatic rings. The second-order valence-electron chi connectivity index (χ2n) is 3.16. The summed E-state index contributed by atoms with van der Waals surface area (Å²) < 4.78 is 10.8. The minimum Gasteiger partial charge on any atom is -0.482 e. The van der Waals surface area contributed by atoms with Gasteiger partial charge < -0.3 is 9.15 Å². The molecule has 0 radical (unpaired) electrons. The molecule has 0 amide bonds. The number of halogens is 1. The Labute approximate surface area is 98.2 Å². The first-order valence-corrected chi connectivity index (χ1v) is 5.36. The monoisotopic (exact) mass is 238 g/mol. The lowest BCUT2D eigenvalue weighted by molar-refractivity contribution is 0.259. The molecule has 0 aliphatic heterocycles. The molecule has 4 nitrogen and oxygen atoms in total. The van der Waals surface area contributed by atoms with E-state index in [4.69, 9.17) is 20.8 Å². The number of nitrogens with zero attached hydrogens (tertiary/aromatic N) is 2. The molecule has 0 bridgehead atoms. The van der Waals surface area contributed by atoms with Crippen LogP contribution < -0.4 is 4.74 Å². The van der Waals surface area contributed by atoms with Crippen molar-refractivity contribution >= 4 is 11.6 Å². The third-order valence-electron chi connectivity index (χ3n) is 2.00. The predicted molar refractivity (Wildman–Crippen MR) is 59.5 cm³/mol. The van der Waals surface area contributed by atoms with Crippen LogP contribution in [0.15, 0.2) is 28.7 Å². The van der Waals surface area contributed by atoms with Crippen molar-refractivity contribution < 1.29 is 9.15 Å². The van der Waals surface area contributed by atoms with Gasteiger partial charge in [-0.25, -0.2) is 0 Å². The van der Waals surface area contributed by atoms with E-state index in [2.05, 4.69) is 10.2 Å². The predicted octanol–water partition coefficient (Wildman–Crippen LogP) is 2.86. The molecule has 0 aliphatic rings. The third kappa shape index (κ3) is 2.52. The fourth-order valence-corrected chi connectivity index (χ4v) is 1.38. The van der Waals surface area contributed by atoms with Crippen LogP contribution in [0.2, 0.25) is 5.02 Å². The maximum absolute atomic E-state index is 5.93. The lowest BCUT2D eigenvalue weighted by atomic mass is 10.3. The van der Waals surface area contributed by atoms with E-state index in [-0.39, 0.29) is 6.61 Å². The van der Waals surface area contributed by atoms with Crippen molar-refractivity contribution in [2.45, 2.75) is 20.0 Å². The first-order chi connectivity index (χ1) is 7.79. The van der Waals surface area contributed by atoms with E-state index in [1.807, 2.05) is 19.1 Å². The van der Waals surface area contributed by atoms with Gasteiger partial charge in [-0.15, -0.1) is 10.2 Å². The first-order valence-electron chi connectivity index (χ1n) is 4.98. The van der Waals surface area contributed by atoms with E-state index in [9.17, 15) is 0 Å². The average molecular weight is 239 g/mol. The van der Waals surface area contributed by atoms with Crippen molar-refractivity contribution in [1.82, 2.24) is 10.2 Å². The second kappa shape index (κ2) is 4.99. The number of hydrogen-bond acceptors (Lipinski definition) is 4. The van der Waals surface area contributed by atoms with Crippen molar-refractivity contribution in [1.29, 1.82) is 0 Å². The number of ether oxygens (including phenoxy) is 1. The summed E-state index contributed by atoms with van der Waals surface area (Å²) in [5.41, 5.74) is 0. The van der Waals surface area contributed by atoms with Crippen LogP contribution in [0.4, 0.5) is 0 Å². The summed E-state index contributed by atoms with van der Waals surface area (Å²) in [5, 5.41) is 8.25. The van der Waals surface area contributed by atoms with E-state index in [0.29, 0.717) is 22.6 Å². The van der Waals surface area contributed by atoms with Gasteiger partial charge in [-0.3, -0.25) is 0 Å². The van der Waals surface area contributed by atoms with E-state index in [1.165, 1.54) is 0 Å². The molecule has 1 aromatic carbocycles. The molecule has 0 fully saturated rings. The van der Waals surface area contributed by atoms with Gasteiger partial charge in [-0.05, 0) is 12.1 Å². The minimum absolute atomic E-state index is 0.233. The largest absolute Gasteiger partial charge is 0.482 e. The molecule has 0 saturated carbocycles. The van der Waals surface area contributed by atoms with Gasteiger partial charge in [0.05, 0.1) is 5.02 Å². The third-order valence-corrected chi connectivity index (χ3v) is 2.31. The van der Waals surface area contributed by atoms with Gasteiger partial charge in [0, 0.05) is 6.42 Å². The molecule has 0 atom stereocenters. The molecule has 1 aromatic heterocycles. The molecule has 2 rings (SSSR count). The van der Waals surface area contributed by atoms with Gasteiger partial charge in [0.1, 0.15) is 5.75 Å². The van der Waals surface area contributed by atoms with Gasteiger partial charge in [-0.1, -0.05) is 30.7 Å². The van der Waals surface area contributed by atoms with Crippen molar-refractivity contribution in [3.63, 3.8) is 0 Å². The minimum atomic E-state index is 0.233. The fraction of sp³-hybridized carbons (Fsp3) is 0.273. The molecule has 0 aliphatic carbocycles. The first kappa shape index (κ1) is 11.0. The van der Waals surface area contributed by atoms with Crippen LogP contribution in [0.5, 0.6) is 5.75 Å². The number of para-hydroxylation sites is 1. The molecule has 0 unspecified atom stereocenters. The summed E-state index contributed by atoms with van der Waals surface area (Å²) in [4.78, 5) is 0. The van der Waals surface area contributed by atoms with Crippen LogP contribution in [0.1, 0.15) is 18.7 Å². The quantitative estimate of drug-likeness (QED) is 0.822. The number of aryl methyl sites for hydroxylation is 1. The van der Waals surface area contributed by atoms with Crippen LogP contribution in [0, 0.1) is 0 Å². The molecular formula is C11H11ClN2O2. The number of hydrogen-bond donors (Lipinski definition) is 0. The zero-order valence-corrected chi connectivity index (χ0v) is 9.57. The molecule has 84 valence electrons. The van der Waals surface area contributed by atoms with Crippen LogP contribution in [-0.4, -0.2) is 10.2 Å². The summed E-state index contributed by atoms with van der Waals surface area (Å²) in [6.45, 7) is 2.18. The Morgan fingerprint density at radius 3 is 2.69 bits per heavy atom. The van der Waals surface area contributed by atoms with Crippen molar-refractivity contribution in [2.75, 3.05) is 0 Å². The van der Waals surface area contributed by atoms with Crippen LogP contribution >= 0.6 is 11.6 Å². The van der Waals surface area contributed by atoms with Gasteiger partial charge in [0.2, 0.25) is 5.89 Å². The molecule has 0 N–H and O–H groups in total. The summed E-state index contributed by atoms with van der Waals surface area (Å²) in [6.07, 6.45) is 0.721. The van der Waals surface area contributed by atoms with E-state index < -0.39 is 0 Å². The smallest absolute Gasteiger partial charge is 0.253 e. The van der Waals surface area contributed by atoms with Crippen molar-refractivity contribution in [2.24, 2.45) is 0 Å². The summed E-state index contributed by atoms with van der Waals surface area (Å²) in [6, 6.07) is 7.26. The van der Waals surface area contributed by atoms with Gasteiger partial charge >= 0.3 is 0 Å². The highest BCUT2D eigenvalue weighted by Gasteiger charge is 2.06. The highest BCUT2D eigenvalue weighted by atomic mass is 35.5. The lowest BCUT2D eigenvalue weighted by Crippen LogP contribution is -1.96. The topological polar surface area (TPSA) is 48.2 Å². The maximum Gasteiger partial charge on any atom is 0.253 e. The Morgan fingerprint density at radius 2 is 2.00 bits per heavy atom. The zero-order valence-electron chi connectivity index (χ0n) is 8.81. The Morgan fingerprint density at radius 1 is 1.25 bits per heavy atom. The second-order valence-corrected chi connectivity index (χ2v) is 3.57. The molecule has 0 spiro atoms. The highest BCUT2D eigenvalue weighted by molar-refractivity contribution is 6.32. The van der Waals surface area contributed by atoms with E-state index in [0.717, 1.165) is 6.42 Å². The Balaban J connectivity index is 1.99. The Hall–Kier alpha value is -1.55. The summed E-state index contributed by atoms with van der Waals surface area (Å²) in [7, 11) is 0.